The average molecular weight is 303 g/mol. The molecule has 3 atom stereocenters. The Kier molecular flexibility index (Phi) is 4.00. The smallest absolute Gasteiger partial charge is 0.189 e. The molecule has 1 aliphatic carbocycles. The van der Waals surface area contributed by atoms with E-state index in [2.05, 4.69) is 30.2 Å². The molecule has 0 saturated heterocycles. The Labute approximate surface area is 131 Å². The highest BCUT2D eigenvalue weighted by Gasteiger charge is 2.48. The summed E-state index contributed by atoms with van der Waals surface area (Å²) in [4.78, 5) is 4.68. The molecule has 1 fully saturated rings. The number of benzene rings is 1. The zero-order valence-corrected chi connectivity index (χ0v) is 13.5. The van der Waals surface area contributed by atoms with Gasteiger partial charge in [0, 0.05) is 30.6 Å². The second kappa shape index (κ2) is 5.80. The van der Waals surface area contributed by atoms with E-state index in [1.165, 1.54) is 0 Å². The van der Waals surface area contributed by atoms with Crippen LogP contribution >= 0.6 is 0 Å². The van der Waals surface area contributed by atoms with Gasteiger partial charge in [-0.15, -0.1) is 0 Å². The number of rotatable bonds is 3. The molecule has 0 radical (unpaired) electrons. The lowest BCUT2D eigenvalue weighted by Gasteiger charge is -2.51. The summed E-state index contributed by atoms with van der Waals surface area (Å²) in [5.41, 5.74) is 7.32. The zero-order chi connectivity index (χ0) is 15.7. The number of fused-ring (bicyclic) bond motifs is 1. The minimum absolute atomic E-state index is 0.0684. The second-order valence-electron chi connectivity index (χ2n) is 6.68. The normalized spacial score (nSPS) is 30.0. The standard InChI is InChI=1S/C17H25N3O2/c1-17(2)14(10-15(17)21-3)20-16(18)19-12-8-9-22-13-7-5-4-6-11(12)13/h4-7,12,14-15H,8-10H2,1-3H3,(H3,18,19,20). The number of nitrogens with zero attached hydrogens (tertiary/aromatic N) is 1. The van der Waals surface area contributed by atoms with Crippen molar-refractivity contribution in [3.05, 3.63) is 29.8 Å². The molecule has 0 amide bonds. The first-order valence-electron chi connectivity index (χ1n) is 7.86. The maximum absolute atomic E-state index is 6.14. The number of aliphatic imine (C=N–C) groups is 1. The lowest BCUT2D eigenvalue weighted by Crippen LogP contribution is -2.62. The quantitative estimate of drug-likeness (QED) is 0.663. The molecule has 5 nitrogen and oxygen atoms in total. The predicted molar refractivity (Wildman–Crippen MR) is 87.0 cm³/mol. The van der Waals surface area contributed by atoms with Gasteiger partial charge in [-0.3, -0.25) is 0 Å². The molecule has 1 aliphatic heterocycles. The maximum Gasteiger partial charge on any atom is 0.189 e. The third kappa shape index (κ3) is 2.65. The van der Waals surface area contributed by atoms with Gasteiger partial charge in [-0.2, -0.15) is 0 Å². The molecule has 2 aliphatic rings. The average Bonchev–Trinajstić information content (AvgIpc) is 2.51. The monoisotopic (exact) mass is 303 g/mol. The van der Waals surface area contributed by atoms with E-state index in [4.69, 9.17) is 15.2 Å². The minimum Gasteiger partial charge on any atom is -0.493 e. The summed E-state index contributed by atoms with van der Waals surface area (Å²) >= 11 is 0. The van der Waals surface area contributed by atoms with Crippen molar-refractivity contribution in [2.45, 2.75) is 44.9 Å². The van der Waals surface area contributed by atoms with E-state index in [1.807, 2.05) is 18.2 Å². The fourth-order valence-electron chi connectivity index (χ4n) is 3.37. The van der Waals surface area contributed by atoms with E-state index in [0.717, 1.165) is 24.2 Å². The van der Waals surface area contributed by atoms with Crippen LogP contribution in [0.1, 0.15) is 38.3 Å². The Hall–Kier alpha value is -1.75. The SMILES string of the molecule is COC1CC(NC(N)=NC2CCOc3ccccc32)C1(C)C. The van der Waals surface area contributed by atoms with E-state index >= 15 is 0 Å². The third-order valence-corrected chi connectivity index (χ3v) is 5.01. The van der Waals surface area contributed by atoms with E-state index in [0.29, 0.717) is 18.6 Å². The van der Waals surface area contributed by atoms with Crippen molar-refractivity contribution in [3.8, 4) is 5.75 Å². The molecule has 3 unspecified atom stereocenters. The van der Waals surface area contributed by atoms with E-state index in [1.54, 1.807) is 7.11 Å². The van der Waals surface area contributed by atoms with Crippen molar-refractivity contribution >= 4 is 5.96 Å². The molecule has 22 heavy (non-hydrogen) atoms. The second-order valence-corrected chi connectivity index (χ2v) is 6.68. The van der Waals surface area contributed by atoms with Crippen molar-refractivity contribution in [3.63, 3.8) is 0 Å². The Morgan fingerprint density at radius 3 is 2.91 bits per heavy atom. The summed E-state index contributed by atoms with van der Waals surface area (Å²) in [7, 11) is 1.76. The molecule has 0 bridgehead atoms. The summed E-state index contributed by atoms with van der Waals surface area (Å²) < 4.78 is 11.1. The van der Waals surface area contributed by atoms with Crippen molar-refractivity contribution in [2.24, 2.45) is 16.1 Å². The van der Waals surface area contributed by atoms with Crippen molar-refractivity contribution in [2.75, 3.05) is 13.7 Å². The highest BCUT2D eigenvalue weighted by Crippen LogP contribution is 2.42. The molecule has 0 aromatic heterocycles. The molecular formula is C17H25N3O2. The number of guanidine groups is 1. The van der Waals surface area contributed by atoms with Gasteiger partial charge in [0.25, 0.3) is 0 Å². The van der Waals surface area contributed by atoms with Crippen LogP contribution in [0.15, 0.2) is 29.3 Å². The first kappa shape index (κ1) is 15.2. The predicted octanol–water partition coefficient (Wildman–Crippen LogP) is 2.23. The van der Waals surface area contributed by atoms with Crippen LogP contribution in [0.5, 0.6) is 5.75 Å². The largest absolute Gasteiger partial charge is 0.493 e. The fourth-order valence-corrected chi connectivity index (χ4v) is 3.37. The van der Waals surface area contributed by atoms with Gasteiger partial charge in [0.1, 0.15) is 5.75 Å². The number of methoxy groups -OCH3 is 1. The number of hydrogen-bond acceptors (Lipinski definition) is 3. The lowest BCUT2D eigenvalue weighted by atomic mass is 9.64. The van der Waals surface area contributed by atoms with Gasteiger partial charge in [-0.25, -0.2) is 4.99 Å². The van der Waals surface area contributed by atoms with Crippen LogP contribution in [-0.4, -0.2) is 31.8 Å². The molecule has 1 aromatic carbocycles. The zero-order valence-electron chi connectivity index (χ0n) is 13.5. The maximum atomic E-state index is 6.14. The van der Waals surface area contributed by atoms with Gasteiger partial charge in [0.2, 0.25) is 0 Å². The number of nitrogens with two attached hydrogens (primary N) is 1. The molecule has 120 valence electrons. The van der Waals surface area contributed by atoms with Crippen LogP contribution in [-0.2, 0) is 4.74 Å². The van der Waals surface area contributed by atoms with E-state index in [-0.39, 0.29) is 17.6 Å². The Balaban J connectivity index is 1.69. The summed E-state index contributed by atoms with van der Waals surface area (Å²) in [6.07, 6.45) is 2.10. The van der Waals surface area contributed by atoms with Crippen LogP contribution in [0, 0.1) is 5.41 Å². The molecule has 1 aromatic rings. The Bertz CT molecular complexity index is 571. The number of hydrogen-bond donors (Lipinski definition) is 2. The van der Waals surface area contributed by atoms with Crippen LogP contribution < -0.4 is 15.8 Å². The van der Waals surface area contributed by atoms with Gasteiger partial charge in [0.15, 0.2) is 5.96 Å². The van der Waals surface area contributed by atoms with Crippen molar-refractivity contribution in [1.29, 1.82) is 0 Å². The first-order valence-corrected chi connectivity index (χ1v) is 7.86. The van der Waals surface area contributed by atoms with Gasteiger partial charge >= 0.3 is 0 Å². The van der Waals surface area contributed by atoms with Gasteiger partial charge < -0.3 is 20.5 Å². The summed E-state index contributed by atoms with van der Waals surface area (Å²) in [5.74, 6) is 1.42. The number of nitrogens with one attached hydrogen (secondary N) is 1. The number of ether oxygens (including phenoxy) is 2. The van der Waals surface area contributed by atoms with Crippen LogP contribution in [0.2, 0.25) is 0 Å². The highest BCUT2D eigenvalue weighted by atomic mass is 16.5. The minimum atomic E-state index is 0.0684. The topological polar surface area (TPSA) is 68.9 Å². The summed E-state index contributed by atoms with van der Waals surface area (Å²) in [5, 5.41) is 3.36. The summed E-state index contributed by atoms with van der Waals surface area (Å²) in [6, 6.07) is 8.41. The Morgan fingerprint density at radius 1 is 1.41 bits per heavy atom. The van der Waals surface area contributed by atoms with Gasteiger partial charge in [-0.05, 0) is 12.5 Å². The van der Waals surface area contributed by atoms with Crippen LogP contribution in [0.25, 0.3) is 0 Å². The fraction of sp³-hybridized carbons (Fsp3) is 0.588. The van der Waals surface area contributed by atoms with E-state index < -0.39 is 0 Å². The van der Waals surface area contributed by atoms with Crippen LogP contribution in [0.4, 0.5) is 0 Å². The molecular weight excluding hydrogens is 278 g/mol. The molecule has 3 N–H and O–H groups in total. The van der Waals surface area contributed by atoms with Crippen molar-refractivity contribution in [1.82, 2.24) is 5.32 Å². The molecule has 1 heterocycles. The first-order chi connectivity index (χ1) is 10.5. The highest BCUT2D eigenvalue weighted by molar-refractivity contribution is 5.78. The van der Waals surface area contributed by atoms with Gasteiger partial charge in [-0.1, -0.05) is 32.0 Å². The molecule has 3 rings (SSSR count). The van der Waals surface area contributed by atoms with Gasteiger partial charge in [0.05, 0.1) is 18.8 Å². The molecule has 0 spiro atoms. The van der Waals surface area contributed by atoms with Crippen LogP contribution in [0.3, 0.4) is 0 Å². The number of para-hydroxylation sites is 1. The van der Waals surface area contributed by atoms with Crippen molar-refractivity contribution < 1.29 is 9.47 Å². The third-order valence-electron chi connectivity index (χ3n) is 5.01. The molecule has 5 heteroatoms. The molecule has 1 saturated carbocycles. The summed E-state index contributed by atoms with van der Waals surface area (Å²) in [6.45, 7) is 5.07. The lowest BCUT2D eigenvalue weighted by molar-refractivity contribution is -0.0921. The Morgan fingerprint density at radius 2 is 2.18 bits per heavy atom. The van der Waals surface area contributed by atoms with E-state index in [9.17, 15) is 0 Å².